The van der Waals surface area contributed by atoms with E-state index < -0.39 is 0 Å². The third-order valence-corrected chi connectivity index (χ3v) is 3.94. The molecule has 0 saturated carbocycles. The summed E-state index contributed by atoms with van der Waals surface area (Å²) in [5.41, 5.74) is 7.24. The Morgan fingerprint density at radius 1 is 1.05 bits per heavy atom. The number of benzene rings is 2. The number of likely N-dealkylation sites (N-methyl/N-ethyl adjacent to an activating group) is 1. The maximum atomic E-state index is 12.6. The molecule has 0 bridgehead atoms. The van der Waals surface area contributed by atoms with Gasteiger partial charge in [-0.25, -0.2) is 0 Å². The molecule has 0 atom stereocenters. The van der Waals surface area contributed by atoms with E-state index in [0.29, 0.717) is 11.3 Å². The summed E-state index contributed by atoms with van der Waals surface area (Å²) >= 11 is 0. The van der Waals surface area contributed by atoms with Crippen LogP contribution >= 0.6 is 0 Å². The van der Waals surface area contributed by atoms with Crippen molar-refractivity contribution in [2.75, 3.05) is 39.0 Å². The first-order chi connectivity index (χ1) is 9.65. The summed E-state index contributed by atoms with van der Waals surface area (Å²) in [6.07, 6.45) is 0. The van der Waals surface area contributed by atoms with E-state index in [0.717, 1.165) is 37.0 Å². The molecule has 0 radical (unpaired) electrons. The van der Waals surface area contributed by atoms with Gasteiger partial charge >= 0.3 is 0 Å². The number of rotatable bonds is 1. The first kappa shape index (κ1) is 12.9. The monoisotopic (exact) mass is 269 g/mol. The largest absolute Gasteiger partial charge is 0.398 e. The summed E-state index contributed by atoms with van der Waals surface area (Å²) < 4.78 is 0. The van der Waals surface area contributed by atoms with Crippen molar-refractivity contribution in [1.29, 1.82) is 0 Å². The maximum Gasteiger partial charge on any atom is 0.256 e. The van der Waals surface area contributed by atoms with Crippen molar-refractivity contribution < 1.29 is 4.79 Å². The van der Waals surface area contributed by atoms with Crippen molar-refractivity contribution in [2.24, 2.45) is 0 Å². The Morgan fingerprint density at radius 2 is 1.65 bits per heavy atom. The fourth-order valence-corrected chi connectivity index (χ4v) is 2.62. The number of piperazine rings is 1. The highest BCUT2D eigenvalue weighted by atomic mass is 16.2. The zero-order chi connectivity index (χ0) is 14.1. The fraction of sp³-hybridized carbons (Fsp3) is 0.312. The van der Waals surface area contributed by atoms with Gasteiger partial charge in [-0.3, -0.25) is 4.79 Å². The molecule has 4 nitrogen and oxygen atoms in total. The Labute approximate surface area is 118 Å². The molecule has 1 aliphatic rings. The minimum atomic E-state index is 0.0429. The Bertz CT molecular complexity index is 645. The third-order valence-electron chi connectivity index (χ3n) is 3.94. The summed E-state index contributed by atoms with van der Waals surface area (Å²) in [5.74, 6) is 0.0429. The second-order valence-corrected chi connectivity index (χ2v) is 5.38. The molecule has 2 N–H and O–H groups in total. The van der Waals surface area contributed by atoms with Crippen LogP contribution in [0.4, 0.5) is 5.69 Å². The molecule has 4 heteroatoms. The number of hydrogen-bond acceptors (Lipinski definition) is 3. The molecule has 1 aliphatic heterocycles. The standard InChI is InChI=1S/C16H19N3O/c1-18-6-8-19(9-7-18)16(20)14-10-12-4-2-3-5-13(12)11-15(14)17/h2-5,10-11H,6-9,17H2,1H3. The van der Waals surface area contributed by atoms with E-state index in [2.05, 4.69) is 11.9 Å². The SMILES string of the molecule is CN1CCN(C(=O)c2cc3ccccc3cc2N)CC1. The van der Waals surface area contributed by atoms with Crippen molar-refractivity contribution in [1.82, 2.24) is 9.80 Å². The van der Waals surface area contributed by atoms with Gasteiger partial charge in [0.05, 0.1) is 5.56 Å². The molecule has 0 aliphatic carbocycles. The van der Waals surface area contributed by atoms with E-state index in [1.807, 2.05) is 41.3 Å². The van der Waals surface area contributed by atoms with E-state index >= 15 is 0 Å². The van der Waals surface area contributed by atoms with Gasteiger partial charge in [0.15, 0.2) is 0 Å². The average Bonchev–Trinajstić information content (AvgIpc) is 2.46. The summed E-state index contributed by atoms with van der Waals surface area (Å²) in [4.78, 5) is 16.7. The average molecular weight is 269 g/mol. The van der Waals surface area contributed by atoms with E-state index in [1.54, 1.807) is 0 Å². The molecular formula is C16H19N3O. The zero-order valence-corrected chi connectivity index (χ0v) is 11.7. The molecule has 1 fully saturated rings. The van der Waals surface area contributed by atoms with Gasteiger partial charge in [-0.1, -0.05) is 24.3 Å². The highest BCUT2D eigenvalue weighted by Crippen LogP contribution is 2.23. The lowest BCUT2D eigenvalue weighted by Crippen LogP contribution is -2.47. The molecule has 1 amide bonds. The molecule has 1 heterocycles. The van der Waals surface area contributed by atoms with Gasteiger partial charge in [-0.2, -0.15) is 0 Å². The molecule has 0 spiro atoms. The molecule has 104 valence electrons. The van der Waals surface area contributed by atoms with E-state index in [4.69, 9.17) is 5.73 Å². The summed E-state index contributed by atoms with van der Waals surface area (Å²) in [6, 6.07) is 11.8. The van der Waals surface area contributed by atoms with Crippen LogP contribution in [-0.2, 0) is 0 Å². The smallest absolute Gasteiger partial charge is 0.256 e. The highest BCUT2D eigenvalue weighted by molar-refractivity contribution is 6.03. The number of hydrogen-bond donors (Lipinski definition) is 1. The number of carbonyl (C=O) groups is 1. The molecule has 2 aromatic carbocycles. The van der Waals surface area contributed by atoms with Crippen LogP contribution < -0.4 is 5.73 Å². The van der Waals surface area contributed by atoms with Crippen LogP contribution in [0, 0.1) is 0 Å². The van der Waals surface area contributed by atoms with Crippen LogP contribution in [0.1, 0.15) is 10.4 Å². The summed E-state index contributed by atoms with van der Waals surface area (Å²) in [5, 5.41) is 2.12. The third kappa shape index (κ3) is 2.34. The van der Waals surface area contributed by atoms with Crippen LogP contribution in [0.15, 0.2) is 36.4 Å². The molecule has 1 saturated heterocycles. The number of nitrogen functional groups attached to an aromatic ring is 1. The van der Waals surface area contributed by atoms with E-state index in [-0.39, 0.29) is 5.91 Å². The lowest BCUT2D eigenvalue weighted by molar-refractivity contribution is 0.0665. The topological polar surface area (TPSA) is 49.6 Å². The van der Waals surface area contributed by atoms with Gasteiger partial charge in [-0.15, -0.1) is 0 Å². The van der Waals surface area contributed by atoms with Crippen LogP contribution in [-0.4, -0.2) is 48.9 Å². The van der Waals surface area contributed by atoms with Crippen LogP contribution in [0.25, 0.3) is 10.8 Å². The normalized spacial score (nSPS) is 16.6. The number of anilines is 1. The highest BCUT2D eigenvalue weighted by Gasteiger charge is 2.22. The minimum Gasteiger partial charge on any atom is -0.398 e. The van der Waals surface area contributed by atoms with Crippen LogP contribution in [0.5, 0.6) is 0 Å². The number of nitrogens with zero attached hydrogens (tertiary/aromatic N) is 2. The quantitative estimate of drug-likeness (QED) is 0.803. The summed E-state index contributed by atoms with van der Waals surface area (Å²) in [7, 11) is 2.08. The predicted molar refractivity (Wildman–Crippen MR) is 81.8 cm³/mol. The van der Waals surface area contributed by atoms with Gasteiger partial charge in [0, 0.05) is 31.9 Å². The van der Waals surface area contributed by atoms with Gasteiger partial charge in [0.1, 0.15) is 0 Å². The first-order valence-electron chi connectivity index (χ1n) is 6.91. The number of fused-ring (bicyclic) bond motifs is 1. The maximum absolute atomic E-state index is 12.6. The van der Waals surface area contributed by atoms with Crippen molar-refractivity contribution in [3.63, 3.8) is 0 Å². The molecule has 0 unspecified atom stereocenters. The van der Waals surface area contributed by atoms with E-state index in [9.17, 15) is 4.79 Å². The molecule has 2 aromatic rings. The molecule has 0 aromatic heterocycles. The Balaban J connectivity index is 1.93. The Hall–Kier alpha value is -2.07. The van der Waals surface area contributed by atoms with Crippen molar-refractivity contribution in [2.45, 2.75) is 0 Å². The van der Waals surface area contributed by atoms with E-state index in [1.165, 1.54) is 0 Å². The number of nitrogens with two attached hydrogens (primary N) is 1. The summed E-state index contributed by atoms with van der Waals surface area (Å²) in [6.45, 7) is 3.36. The van der Waals surface area contributed by atoms with Crippen molar-refractivity contribution in [3.8, 4) is 0 Å². The van der Waals surface area contributed by atoms with Crippen LogP contribution in [0.2, 0.25) is 0 Å². The Morgan fingerprint density at radius 3 is 2.30 bits per heavy atom. The number of amides is 1. The fourth-order valence-electron chi connectivity index (χ4n) is 2.62. The zero-order valence-electron chi connectivity index (χ0n) is 11.7. The van der Waals surface area contributed by atoms with Gasteiger partial charge in [0.25, 0.3) is 5.91 Å². The Kier molecular flexibility index (Phi) is 3.32. The van der Waals surface area contributed by atoms with Gasteiger partial charge in [-0.05, 0) is 30.0 Å². The number of carbonyl (C=O) groups excluding carboxylic acids is 1. The van der Waals surface area contributed by atoms with Gasteiger partial charge < -0.3 is 15.5 Å². The van der Waals surface area contributed by atoms with Crippen molar-refractivity contribution in [3.05, 3.63) is 42.0 Å². The van der Waals surface area contributed by atoms with Gasteiger partial charge in [0.2, 0.25) is 0 Å². The lowest BCUT2D eigenvalue weighted by atomic mass is 10.0. The molecule has 20 heavy (non-hydrogen) atoms. The second-order valence-electron chi connectivity index (χ2n) is 5.38. The lowest BCUT2D eigenvalue weighted by Gasteiger charge is -2.32. The van der Waals surface area contributed by atoms with Crippen LogP contribution in [0.3, 0.4) is 0 Å². The second kappa shape index (κ2) is 5.13. The first-order valence-corrected chi connectivity index (χ1v) is 6.91. The molecular weight excluding hydrogens is 250 g/mol. The predicted octanol–water partition coefficient (Wildman–Crippen LogP) is 1.81. The minimum absolute atomic E-state index is 0.0429. The van der Waals surface area contributed by atoms with Crippen molar-refractivity contribution >= 4 is 22.4 Å². The molecule has 3 rings (SSSR count).